The molecule has 0 spiro atoms. The molecule has 0 saturated carbocycles. The molecule has 164 valence electrons. The number of carbonyl (C=O) groups excluding carboxylic acids is 1. The van der Waals surface area contributed by atoms with Gasteiger partial charge in [-0.05, 0) is 80.6 Å². The lowest BCUT2D eigenvalue weighted by Gasteiger charge is -2.12. The molecule has 0 atom stereocenters. The first-order chi connectivity index (χ1) is 15.0. The number of H-pyrrole nitrogens is 1. The number of halogens is 2. The summed E-state index contributed by atoms with van der Waals surface area (Å²) in [5, 5.41) is 16.6. The number of fused-ring (bicyclic) bond motifs is 1. The van der Waals surface area contributed by atoms with Crippen LogP contribution in [0.4, 0.5) is 0 Å². The highest BCUT2D eigenvalue weighted by Crippen LogP contribution is 2.35. The molecule has 0 radical (unpaired) electrons. The summed E-state index contributed by atoms with van der Waals surface area (Å²) in [6.07, 6.45) is 3.54. The molecular formula is C22H24Br2N4O3. The maximum atomic E-state index is 12.5. The molecule has 3 aromatic rings. The summed E-state index contributed by atoms with van der Waals surface area (Å²) in [6.45, 7) is 1.50. The molecule has 3 rings (SSSR count). The zero-order valence-corrected chi connectivity index (χ0v) is 20.0. The number of nitrogens with one attached hydrogen (secondary N) is 2. The minimum absolute atomic E-state index is 0.0366. The SMILES string of the molecule is NCCCOc1c(Br)cc(C/C(=N/O)C(=O)NCCc2c[nH]c3ccccc23)cc1Br. The van der Waals surface area contributed by atoms with Crippen molar-refractivity contribution in [3.8, 4) is 5.75 Å². The Morgan fingerprint density at radius 2 is 1.97 bits per heavy atom. The normalized spacial score (nSPS) is 11.6. The second-order valence-electron chi connectivity index (χ2n) is 6.97. The van der Waals surface area contributed by atoms with E-state index in [1.165, 1.54) is 0 Å². The van der Waals surface area contributed by atoms with Crippen molar-refractivity contribution < 1.29 is 14.7 Å². The Hall–Kier alpha value is -2.36. The number of para-hydroxylation sites is 1. The van der Waals surface area contributed by atoms with E-state index in [1.807, 2.05) is 42.6 Å². The minimum atomic E-state index is -0.405. The number of nitrogens with two attached hydrogens (primary N) is 1. The van der Waals surface area contributed by atoms with Gasteiger partial charge in [-0.25, -0.2) is 0 Å². The summed E-state index contributed by atoms with van der Waals surface area (Å²) in [5.74, 6) is 0.265. The molecule has 0 saturated heterocycles. The number of oxime groups is 1. The van der Waals surface area contributed by atoms with Crippen LogP contribution in [0.25, 0.3) is 10.9 Å². The van der Waals surface area contributed by atoms with Gasteiger partial charge >= 0.3 is 0 Å². The van der Waals surface area contributed by atoms with E-state index >= 15 is 0 Å². The van der Waals surface area contributed by atoms with Gasteiger partial charge in [0.25, 0.3) is 5.91 Å². The van der Waals surface area contributed by atoms with Gasteiger partial charge in [0.15, 0.2) is 0 Å². The Kier molecular flexibility index (Phi) is 8.51. The van der Waals surface area contributed by atoms with E-state index in [4.69, 9.17) is 10.5 Å². The number of nitrogens with zero attached hydrogens (tertiary/aromatic N) is 1. The van der Waals surface area contributed by atoms with Gasteiger partial charge < -0.3 is 26.0 Å². The van der Waals surface area contributed by atoms with E-state index in [0.29, 0.717) is 31.9 Å². The van der Waals surface area contributed by atoms with Crippen molar-refractivity contribution in [1.82, 2.24) is 10.3 Å². The number of benzene rings is 2. The van der Waals surface area contributed by atoms with Gasteiger partial charge in [0.2, 0.25) is 0 Å². The van der Waals surface area contributed by atoms with Crippen molar-refractivity contribution in [1.29, 1.82) is 0 Å². The lowest BCUT2D eigenvalue weighted by molar-refractivity contribution is -0.115. The maximum absolute atomic E-state index is 12.5. The Bertz CT molecular complexity index is 1060. The maximum Gasteiger partial charge on any atom is 0.269 e. The van der Waals surface area contributed by atoms with Crippen molar-refractivity contribution in [2.45, 2.75) is 19.3 Å². The highest BCUT2D eigenvalue weighted by Gasteiger charge is 2.16. The monoisotopic (exact) mass is 550 g/mol. The summed E-state index contributed by atoms with van der Waals surface area (Å²) in [6, 6.07) is 11.7. The van der Waals surface area contributed by atoms with Crippen LogP contribution in [0.1, 0.15) is 17.5 Å². The molecule has 0 aliphatic carbocycles. The van der Waals surface area contributed by atoms with Crippen LogP contribution in [0.15, 0.2) is 56.7 Å². The van der Waals surface area contributed by atoms with Crippen LogP contribution in [0, 0.1) is 0 Å². The number of rotatable bonds is 10. The molecule has 1 aromatic heterocycles. The standard InChI is InChI=1S/C22H24Br2N4O3/c23-17-10-14(11-18(24)21(17)31-9-3-7-25)12-20(28-30)22(29)26-8-6-15-13-27-19-5-2-1-4-16(15)19/h1-2,4-5,10-11,13,27,30H,3,6-9,12,25H2,(H,26,29)/b28-20-. The van der Waals surface area contributed by atoms with Crippen molar-refractivity contribution in [3.63, 3.8) is 0 Å². The summed E-state index contributed by atoms with van der Waals surface area (Å²) < 4.78 is 7.21. The number of aromatic nitrogens is 1. The van der Waals surface area contributed by atoms with E-state index in [1.54, 1.807) is 0 Å². The molecule has 1 amide bonds. The van der Waals surface area contributed by atoms with Gasteiger partial charge in [0, 0.05) is 30.1 Å². The molecule has 0 aliphatic rings. The number of carbonyl (C=O) groups is 1. The predicted octanol–water partition coefficient (Wildman–Crippen LogP) is 4.15. The molecule has 7 nitrogen and oxygen atoms in total. The Labute approximate surface area is 197 Å². The third-order valence-electron chi connectivity index (χ3n) is 4.76. The fourth-order valence-corrected chi connectivity index (χ4v) is 4.73. The lowest BCUT2D eigenvalue weighted by Crippen LogP contribution is -2.33. The Morgan fingerprint density at radius 1 is 1.23 bits per heavy atom. The molecule has 0 fully saturated rings. The van der Waals surface area contributed by atoms with Crippen LogP contribution < -0.4 is 15.8 Å². The predicted molar refractivity (Wildman–Crippen MR) is 129 cm³/mol. The smallest absolute Gasteiger partial charge is 0.269 e. The summed E-state index contributed by atoms with van der Waals surface area (Å²) in [5.41, 5.74) is 8.52. The second kappa shape index (κ2) is 11.3. The third kappa shape index (κ3) is 6.09. The third-order valence-corrected chi connectivity index (χ3v) is 5.94. The van der Waals surface area contributed by atoms with Crippen molar-refractivity contribution in [3.05, 3.63) is 62.7 Å². The molecule has 1 heterocycles. The molecule has 9 heteroatoms. The number of hydrogen-bond donors (Lipinski definition) is 4. The zero-order chi connectivity index (χ0) is 22.2. The van der Waals surface area contributed by atoms with E-state index in [9.17, 15) is 10.0 Å². The number of aromatic amines is 1. The van der Waals surface area contributed by atoms with Crippen molar-refractivity contribution in [2.75, 3.05) is 19.7 Å². The molecule has 31 heavy (non-hydrogen) atoms. The Morgan fingerprint density at radius 3 is 2.68 bits per heavy atom. The molecule has 0 bridgehead atoms. The first-order valence-electron chi connectivity index (χ1n) is 9.88. The molecule has 5 N–H and O–H groups in total. The van der Waals surface area contributed by atoms with Crippen LogP contribution in [0.5, 0.6) is 5.75 Å². The van der Waals surface area contributed by atoms with E-state index in [0.717, 1.165) is 37.4 Å². The second-order valence-corrected chi connectivity index (χ2v) is 8.68. The van der Waals surface area contributed by atoms with Gasteiger partial charge in [0.1, 0.15) is 11.5 Å². The van der Waals surface area contributed by atoms with Gasteiger partial charge in [-0.3, -0.25) is 4.79 Å². The average Bonchev–Trinajstić information content (AvgIpc) is 3.17. The van der Waals surface area contributed by atoms with E-state index < -0.39 is 5.91 Å². The van der Waals surface area contributed by atoms with Gasteiger partial charge in [0.05, 0.1) is 15.6 Å². The van der Waals surface area contributed by atoms with Gasteiger partial charge in [-0.15, -0.1) is 0 Å². The van der Waals surface area contributed by atoms with Crippen LogP contribution in [0.3, 0.4) is 0 Å². The van der Waals surface area contributed by atoms with Crippen molar-refractivity contribution in [2.24, 2.45) is 10.9 Å². The quantitative estimate of drug-likeness (QED) is 0.131. The van der Waals surface area contributed by atoms with Crippen LogP contribution in [-0.2, 0) is 17.6 Å². The summed E-state index contributed by atoms with van der Waals surface area (Å²) >= 11 is 6.98. The van der Waals surface area contributed by atoms with E-state index in [2.05, 4.69) is 47.3 Å². The number of hydrogen-bond acceptors (Lipinski definition) is 5. The van der Waals surface area contributed by atoms with Crippen molar-refractivity contribution >= 4 is 54.4 Å². The fourth-order valence-electron chi connectivity index (χ4n) is 3.22. The summed E-state index contributed by atoms with van der Waals surface area (Å²) in [7, 11) is 0. The van der Waals surface area contributed by atoms with E-state index in [-0.39, 0.29) is 12.1 Å². The number of amides is 1. The topological polar surface area (TPSA) is 113 Å². The first kappa shape index (κ1) is 23.3. The highest BCUT2D eigenvalue weighted by atomic mass is 79.9. The number of ether oxygens (including phenoxy) is 1. The zero-order valence-electron chi connectivity index (χ0n) is 16.8. The fraction of sp³-hybridized carbons (Fsp3) is 0.273. The largest absolute Gasteiger partial charge is 0.491 e. The Balaban J connectivity index is 1.58. The summed E-state index contributed by atoms with van der Waals surface area (Å²) in [4.78, 5) is 15.7. The van der Waals surface area contributed by atoms with Crippen LogP contribution in [-0.4, -0.2) is 41.5 Å². The molecule has 0 unspecified atom stereocenters. The van der Waals surface area contributed by atoms with Crippen LogP contribution in [0.2, 0.25) is 0 Å². The molecule has 2 aromatic carbocycles. The first-order valence-corrected chi connectivity index (χ1v) is 11.5. The average molecular weight is 552 g/mol. The van der Waals surface area contributed by atoms with Crippen LogP contribution >= 0.6 is 31.9 Å². The van der Waals surface area contributed by atoms with Gasteiger partial charge in [-0.2, -0.15) is 0 Å². The molecule has 0 aliphatic heterocycles. The van der Waals surface area contributed by atoms with Gasteiger partial charge in [-0.1, -0.05) is 23.4 Å². The molecular weight excluding hydrogens is 528 g/mol. The highest BCUT2D eigenvalue weighted by molar-refractivity contribution is 9.11. The lowest BCUT2D eigenvalue weighted by atomic mass is 10.1. The minimum Gasteiger partial charge on any atom is -0.491 e.